The van der Waals surface area contributed by atoms with E-state index < -0.39 is 29.0 Å². The smallest absolute Gasteiger partial charge is 0.445 e. The Hall–Kier alpha value is -2.34. The van der Waals surface area contributed by atoms with Crippen LogP contribution in [0.3, 0.4) is 0 Å². The zero-order chi connectivity index (χ0) is 20.7. The van der Waals surface area contributed by atoms with Crippen molar-refractivity contribution < 1.29 is 27.5 Å². The van der Waals surface area contributed by atoms with Crippen molar-refractivity contribution in [2.24, 2.45) is 0 Å². The van der Waals surface area contributed by atoms with E-state index >= 15 is 0 Å². The molecule has 0 fully saturated rings. The molecule has 2 N–H and O–H groups in total. The SMILES string of the molecule is COc1ccccc1C(=O)NC(CCSC)C(=O)Nc1nnc(C(F)(F)F)s1. The van der Waals surface area contributed by atoms with E-state index in [4.69, 9.17) is 4.74 Å². The van der Waals surface area contributed by atoms with Crippen LogP contribution in [0.2, 0.25) is 0 Å². The Morgan fingerprint density at radius 2 is 2.00 bits per heavy atom. The minimum absolute atomic E-state index is 0.214. The van der Waals surface area contributed by atoms with Crippen LogP contribution >= 0.6 is 23.1 Å². The molecule has 0 radical (unpaired) electrons. The minimum atomic E-state index is -4.64. The highest BCUT2D eigenvalue weighted by molar-refractivity contribution is 7.98. The van der Waals surface area contributed by atoms with E-state index in [0.29, 0.717) is 11.5 Å². The Morgan fingerprint density at radius 3 is 2.61 bits per heavy atom. The number of anilines is 1. The van der Waals surface area contributed by atoms with Crippen molar-refractivity contribution in [3.8, 4) is 5.75 Å². The molecule has 152 valence electrons. The van der Waals surface area contributed by atoms with E-state index in [1.54, 1.807) is 18.2 Å². The third-order valence-electron chi connectivity index (χ3n) is 3.48. The minimum Gasteiger partial charge on any atom is -0.496 e. The van der Waals surface area contributed by atoms with Gasteiger partial charge in [0.2, 0.25) is 16.0 Å². The predicted octanol–water partition coefficient (Wildman–Crippen LogP) is 3.06. The number of methoxy groups -OCH3 is 1. The van der Waals surface area contributed by atoms with Crippen LogP contribution in [0, 0.1) is 0 Å². The van der Waals surface area contributed by atoms with Gasteiger partial charge in [-0.25, -0.2) is 0 Å². The first-order chi connectivity index (χ1) is 13.3. The molecule has 0 aliphatic carbocycles. The molecule has 28 heavy (non-hydrogen) atoms. The Balaban J connectivity index is 2.12. The van der Waals surface area contributed by atoms with E-state index in [2.05, 4.69) is 20.8 Å². The molecule has 0 saturated heterocycles. The number of thioether (sulfide) groups is 1. The van der Waals surface area contributed by atoms with Gasteiger partial charge in [0.25, 0.3) is 5.91 Å². The molecule has 1 unspecified atom stereocenters. The Morgan fingerprint density at radius 1 is 1.29 bits per heavy atom. The summed E-state index contributed by atoms with van der Waals surface area (Å²) in [6, 6.07) is 5.52. The molecule has 2 rings (SSSR count). The summed E-state index contributed by atoms with van der Waals surface area (Å²) < 4.78 is 43.0. The van der Waals surface area contributed by atoms with Crippen LogP contribution in [0.1, 0.15) is 21.8 Å². The van der Waals surface area contributed by atoms with Gasteiger partial charge in [-0.2, -0.15) is 24.9 Å². The Bertz CT molecular complexity index is 829. The molecule has 2 amide bonds. The van der Waals surface area contributed by atoms with Crippen LogP contribution in [0.4, 0.5) is 18.3 Å². The Labute approximate surface area is 167 Å². The molecule has 0 bridgehead atoms. The predicted molar refractivity (Wildman–Crippen MR) is 101 cm³/mol. The van der Waals surface area contributed by atoms with Crippen molar-refractivity contribution in [1.29, 1.82) is 0 Å². The number of nitrogens with zero attached hydrogens (tertiary/aromatic N) is 2. The van der Waals surface area contributed by atoms with Crippen molar-refractivity contribution in [3.05, 3.63) is 34.8 Å². The molecule has 1 atom stereocenters. The number of amides is 2. The van der Waals surface area contributed by atoms with Crippen LogP contribution in [-0.4, -0.2) is 47.2 Å². The van der Waals surface area contributed by atoms with Crippen molar-refractivity contribution in [1.82, 2.24) is 15.5 Å². The molecule has 0 aliphatic heterocycles. The van der Waals surface area contributed by atoms with Crippen LogP contribution in [0.25, 0.3) is 0 Å². The molecule has 2 aromatic rings. The lowest BCUT2D eigenvalue weighted by Gasteiger charge is -2.18. The number of halogens is 3. The van der Waals surface area contributed by atoms with Gasteiger partial charge in [-0.3, -0.25) is 14.9 Å². The lowest BCUT2D eigenvalue weighted by Crippen LogP contribution is -2.44. The molecule has 0 saturated carbocycles. The van der Waals surface area contributed by atoms with E-state index in [1.807, 2.05) is 6.26 Å². The van der Waals surface area contributed by atoms with Crippen LogP contribution in [0.5, 0.6) is 5.75 Å². The highest BCUT2D eigenvalue weighted by Gasteiger charge is 2.36. The highest BCUT2D eigenvalue weighted by Crippen LogP contribution is 2.33. The van der Waals surface area contributed by atoms with Crippen LogP contribution < -0.4 is 15.4 Å². The van der Waals surface area contributed by atoms with Crippen molar-refractivity contribution in [2.75, 3.05) is 24.4 Å². The number of hydrogen-bond donors (Lipinski definition) is 2. The van der Waals surface area contributed by atoms with Gasteiger partial charge in [-0.1, -0.05) is 23.5 Å². The van der Waals surface area contributed by atoms with Gasteiger partial charge in [-0.15, -0.1) is 10.2 Å². The van der Waals surface area contributed by atoms with Crippen LogP contribution in [0.15, 0.2) is 24.3 Å². The molecule has 7 nitrogen and oxygen atoms in total. The number of benzene rings is 1. The second kappa shape index (κ2) is 9.73. The standard InChI is InChI=1S/C16H17F3N4O3S2/c1-26-11-6-4-3-5-9(11)12(24)20-10(7-8-27-2)13(25)21-15-23-22-14(28-15)16(17,18)19/h3-6,10H,7-8H2,1-2H3,(H,20,24)(H,21,23,25). The Kier molecular flexibility index (Phi) is 7.63. The molecular weight excluding hydrogens is 417 g/mol. The number of hydrogen-bond acceptors (Lipinski definition) is 7. The fourth-order valence-electron chi connectivity index (χ4n) is 2.15. The van der Waals surface area contributed by atoms with Gasteiger partial charge in [0.05, 0.1) is 12.7 Å². The maximum absolute atomic E-state index is 12.6. The number of carbonyl (C=O) groups excluding carboxylic acids is 2. The van der Waals surface area contributed by atoms with Crippen LogP contribution in [-0.2, 0) is 11.0 Å². The summed E-state index contributed by atoms with van der Waals surface area (Å²) >= 11 is 1.68. The summed E-state index contributed by atoms with van der Waals surface area (Å²) in [7, 11) is 1.41. The number of alkyl halides is 3. The summed E-state index contributed by atoms with van der Waals surface area (Å²) in [6.07, 6.45) is -2.53. The summed E-state index contributed by atoms with van der Waals surface area (Å²) in [6.45, 7) is 0. The van der Waals surface area contributed by atoms with Gasteiger partial charge in [-0.05, 0) is 30.6 Å². The monoisotopic (exact) mass is 434 g/mol. The molecular formula is C16H17F3N4O3S2. The first-order valence-corrected chi connectivity index (χ1v) is 10.1. The number of para-hydroxylation sites is 1. The molecule has 1 aromatic carbocycles. The summed E-state index contributed by atoms with van der Waals surface area (Å²) in [5.74, 6) is -0.328. The molecule has 12 heteroatoms. The number of ether oxygens (including phenoxy) is 1. The quantitative estimate of drug-likeness (QED) is 0.663. The van der Waals surface area contributed by atoms with Gasteiger partial charge in [0.1, 0.15) is 11.8 Å². The van der Waals surface area contributed by atoms with E-state index in [0.717, 1.165) is 0 Å². The summed E-state index contributed by atoms with van der Waals surface area (Å²) in [4.78, 5) is 25.0. The van der Waals surface area contributed by atoms with Gasteiger partial charge in [0.15, 0.2) is 0 Å². The summed E-state index contributed by atoms with van der Waals surface area (Å²) in [5.41, 5.74) is 0.238. The van der Waals surface area contributed by atoms with E-state index in [-0.39, 0.29) is 28.5 Å². The fraction of sp³-hybridized carbons (Fsp3) is 0.375. The number of carbonyl (C=O) groups is 2. The fourth-order valence-corrected chi connectivity index (χ4v) is 3.24. The largest absolute Gasteiger partial charge is 0.496 e. The third kappa shape index (κ3) is 5.83. The van der Waals surface area contributed by atoms with Gasteiger partial charge in [0, 0.05) is 0 Å². The number of nitrogens with one attached hydrogen (secondary N) is 2. The second-order valence-electron chi connectivity index (χ2n) is 5.41. The molecule has 1 aromatic heterocycles. The average Bonchev–Trinajstić information content (AvgIpc) is 3.13. The molecule has 1 heterocycles. The lowest BCUT2D eigenvalue weighted by molar-refractivity contribution is -0.138. The zero-order valence-corrected chi connectivity index (χ0v) is 16.5. The summed E-state index contributed by atoms with van der Waals surface area (Å²) in [5, 5.41) is 9.75. The highest BCUT2D eigenvalue weighted by atomic mass is 32.2. The molecule has 0 aliphatic rings. The van der Waals surface area contributed by atoms with Crippen molar-refractivity contribution >= 4 is 40.0 Å². The zero-order valence-electron chi connectivity index (χ0n) is 14.9. The third-order valence-corrected chi connectivity index (χ3v) is 5.01. The normalized spacial score (nSPS) is 12.3. The first kappa shape index (κ1) is 22.0. The first-order valence-electron chi connectivity index (χ1n) is 7.90. The number of rotatable bonds is 8. The maximum Gasteiger partial charge on any atom is 0.445 e. The molecule has 0 spiro atoms. The second-order valence-corrected chi connectivity index (χ2v) is 7.37. The van der Waals surface area contributed by atoms with Crippen molar-refractivity contribution in [2.45, 2.75) is 18.6 Å². The topological polar surface area (TPSA) is 93.2 Å². The van der Waals surface area contributed by atoms with Gasteiger partial charge >= 0.3 is 6.18 Å². The number of aromatic nitrogens is 2. The lowest BCUT2D eigenvalue weighted by atomic mass is 10.1. The van der Waals surface area contributed by atoms with Gasteiger partial charge < -0.3 is 10.1 Å². The maximum atomic E-state index is 12.6. The average molecular weight is 434 g/mol. The van der Waals surface area contributed by atoms with Crippen molar-refractivity contribution in [3.63, 3.8) is 0 Å². The van der Waals surface area contributed by atoms with E-state index in [1.165, 1.54) is 24.9 Å². The van der Waals surface area contributed by atoms with E-state index in [9.17, 15) is 22.8 Å².